The third kappa shape index (κ3) is 4.40. The van der Waals surface area contributed by atoms with Crippen LogP contribution in [0.2, 0.25) is 0 Å². The second-order valence-electron chi connectivity index (χ2n) is 6.42. The largest absolute Gasteiger partial charge is 0.493 e. The number of para-hydroxylation sites is 1. The van der Waals surface area contributed by atoms with Gasteiger partial charge in [0, 0.05) is 6.54 Å². The zero-order valence-corrected chi connectivity index (χ0v) is 15.3. The van der Waals surface area contributed by atoms with E-state index >= 15 is 0 Å². The van der Waals surface area contributed by atoms with Crippen molar-refractivity contribution in [3.8, 4) is 5.75 Å². The summed E-state index contributed by atoms with van der Waals surface area (Å²) in [6.07, 6.45) is 2.92. The molecule has 7 heteroatoms. The summed E-state index contributed by atoms with van der Waals surface area (Å²) in [6, 6.07) is 6.84. The summed E-state index contributed by atoms with van der Waals surface area (Å²) in [7, 11) is 0. The number of rotatable bonds is 9. The minimum atomic E-state index is -0.583. The van der Waals surface area contributed by atoms with Crippen molar-refractivity contribution in [3.63, 3.8) is 0 Å². The van der Waals surface area contributed by atoms with Crippen molar-refractivity contribution in [2.45, 2.75) is 33.1 Å². The highest BCUT2D eigenvalue weighted by Crippen LogP contribution is 2.32. The molecule has 0 aromatic heterocycles. The molecule has 0 saturated carbocycles. The van der Waals surface area contributed by atoms with E-state index < -0.39 is 11.8 Å². The normalized spacial score (nSPS) is 19.5. The number of hydrogen-bond donors (Lipinski definition) is 1. The molecular formula is C19H26N2O5. The van der Waals surface area contributed by atoms with Crippen LogP contribution in [0.25, 0.3) is 0 Å². The van der Waals surface area contributed by atoms with Crippen molar-refractivity contribution < 1.29 is 24.3 Å². The molecule has 0 spiro atoms. The Morgan fingerprint density at radius 1 is 1.38 bits per heavy atom. The molecule has 1 N–H and O–H groups in total. The van der Waals surface area contributed by atoms with E-state index in [-0.39, 0.29) is 31.3 Å². The maximum atomic E-state index is 13.0. The monoisotopic (exact) mass is 362 g/mol. The Hall–Kier alpha value is -2.41. The Morgan fingerprint density at radius 3 is 2.77 bits per heavy atom. The second-order valence-corrected chi connectivity index (χ2v) is 6.42. The van der Waals surface area contributed by atoms with E-state index in [0.717, 1.165) is 19.3 Å². The SMILES string of the molecule is CCCCC1CN(C(=O)c2ccccc2OCC)C(=O)C1CN(O)C=O. The van der Waals surface area contributed by atoms with Gasteiger partial charge in [-0.25, -0.2) is 5.06 Å². The van der Waals surface area contributed by atoms with E-state index in [4.69, 9.17) is 4.74 Å². The fraction of sp³-hybridized carbons (Fsp3) is 0.526. The first-order valence-corrected chi connectivity index (χ1v) is 9.01. The number of carbonyl (C=O) groups is 3. The summed E-state index contributed by atoms with van der Waals surface area (Å²) in [6.45, 7) is 4.48. The lowest BCUT2D eigenvalue weighted by atomic mass is 9.90. The second kappa shape index (κ2) is 9.33. The Labute approximate surface area is 153 Å². The number of likely N-dealkylation sites (tertiary alicyclic amines) is 1. The predicted molar refractivity (Wildman–Crippen MR) is 94.7 cm³/mol. The predicted octanol–water partition coefficient (Wildman–Crippen LogP) is 2.34. The molecule has 1 heterocycles. The summed E-state index contributed by atoms with van der Waals surface area (Å²) < 4.78 is 5.50. The topological polar surface area (TPSA) is 87.2 Å². The molecule has 1 aromatic rings. The number of ether oxygens (including phenoxy) is 1. The summed E-state index contributed by atoms with van der Waals surface area (Å²) in [5.41, 5.74) is 0.342. The molecule has 1 aliphatic heterocycles. The van der Waals surface area contributed by atoms with Crippen molar-refractivity contribution in [1.29, 1.82) is 0 Å². The highest BCUT2D eigenvalue weighted by Gasteiger charge is 2.44. The highest BCUT2D eigenvalue weighted by atomic mass is 16.5. The Kier molecular flexibility index (Phi) is 7.15. The summed E-state index contributed by atoms with van der Waals surface area (Å²) >= 11 is 0. The van der Waals surface area contributed by atoms with Gasteiger partial charge in [0.1, 0.15) is 5.75 Å². The van der Waals surface area contributed by atoms with Crippen LogP contribution < -0.4 is 4.74 Å². The van der Waals surface area contributed by atoms with E-state index in [2.05, 4.69) is 6.92 Å². The third-order valence-electron chi connectivity index (χ3n) is 4.67. The van der Waals surface area contributed by atoms with Gasteiger partial charge in [-0.15, -0.1) is 0 Å². The number of carbonyl (C=O) groups excluding carboxylic acids is 3. The van der Waals surface area contributed by atoms with Crippen LogP contribution in [-0.2, 0) is 9.59 Å². The molecule has 2 atom stereocenters. The number of amides is 3. The Balaban J connectivity index is 2.24. The average Bonchev–Trinajstić information content (AvgIpc) is 2.96. The van der Waals surface area contributed by atoms with E-state index in [0.29, 0.717) is 23.0 Å². The van der Waals surface area contributed by atoms with Crippen LogP contribution in [0.4, 0.5) is 0 Å². The molecule has 7 nitrogen and oxygen atoms in total. The molecule has 0 aliphatic carbocycles. The smallest absolute Gasteiger partial charge is 0.264 e. The number of hydroxylamine groups is 2. The van der Waals surface area contributed by atoms with Gasteiger partial charge in [0.15, 0.2) is 0 Å². The summed E-state index contributed by atoms with van der Waals surface area (Å²) in [5, 5.41) is 10.0. The van der Waals surface area contributed by atoms with Gasteiger partial charge >= 0.3 is 0 Å². The third-order valence-corrected chi connectivity index (χ3v) is 4.67. The number of imide groups is 1. The first-order valence-electron chi connectivity index (χ1n) is 9.01. The number of unbranched alkanes of at least 4 members (excludes halogenated alkanes) is 1. The van der Waals surface area contributed by atoms with Crippen molar-refractivity contribution in [2.75, 3.05) is 19.7 Å². The van der Waals surface area contributed by atoms with Gasteiger partial charge < -0.3 is 4.74 Å². The lowest BCUT2D eigenvalue weighted by molar-refractivity contribution is -0.155. The molecule has 1 aromatic carbocycles. The van der Waals surface area contributed by atoms with Gasteiger partial charge in [-0.2, -0.15) is 0 Å². The van der Waals surface area contributed by atoms with Crippen molar-refractivity contribution in [1.82, 2.24) is 9.96 Å². The lowest BCUT2D eigenvalue weighted by Crippen LogP contribution is -2.37. The molecular weight excluding hydrogens is 336 g/mol. The van der Waals surface area contributed by atoms with Gasteiger partial charge in [-0.1, -0.05) is 31.9 Å². The number of nitrogens with zero attached hydrogens (tertiary/aromatic N) is 2. The lowest BCUT2D eigenvalue weighted by Gasteiger charge is -2.19. The van der Waals surface area contributed by atoms with E-state index in [1.54, 1.807) is 24.3 Å². The van der Waals surface area contributed by atoms with Crippen LogP contribution in [-0.4, -0.2) is 53.1 Å². The molecule has 1 saturated heterocycles. The Bertz CT molecular complexity index is 649. The minimum absolute atomic E-state index is 0.0831. The van der Waals surface area contributed by atoms with Crippen molar-refractivity contribution >= 4 is 18.2 Å². The molecule has 142 valence electrons. The van der Waals surface area contributed by atoms with Gasteiger partial charge in [0.25, 0.3) is 5.91 Å². The first-order chi connectivity index (χ1) is 12.5. The molecule has 1 aliphatic rings. The van der Waals surface area contributed by atoms with E-state index in [1.807, 2.05) is 6.92 Å². The van der Waals surface area contributed by atoms with Crippen LogP contribution in [0.15, 0.2) is 24.3 Å². The zero-order valence-electron chi connectivity index (χ0n) is 15.3. The van der Waals surface area contributed by atoms with Gasteiger partial charge in [-0.3, -0.25) is 24.5 Å². The van der Waals surface area contributed by atoms with E-state index in [1.165, 1.54) is 4.90 Å². The number of hydrogen-bond acceptors (Lipinski definition) is 5. The maximum absolute atomic E-state index is 13.0. The van der Waals surface area contributed by atoms with Gasteiger partial charge in [0.05, 0.1) is 24.6 Å². The maximum Gasteiger partial charge on any atom is 0.264 e. The van der Waals surface area contributed by atoms with Crippen molar-refractivity contribution in [2.24, 2.45) is 11.8 Å². The first kappa shape index (κ1) is 19.9. The number of benzene rings is 1. The zero-order chi connectivity index (χ0) is 19.1. The summed E-state index contributed by atoms with van der Waals surface area (Å²) in [4.78, 5) is 37.7. The summed E-state index contributed by atoms with van der Waals surface area (Å²) in [5.74, 6) is -0.986. The molecule has 1 fully saturated rings. The molecule has 0 radical (unpaired) electrons. The molecule has 3 amide bonds. The van der Waals surface area contributed by atoms with Crippen LogP contribution in [0.3, 0.4) is 0 Å². The molecule has 2 unspecified atom stereocenters. The molecule has 0 bridgehead atoms. The van der Waals surface area contributed by atoms with E-state index in [9.17, 15) is 19.6 Å². The van der Waals surface area contributed by atoms with Gasteiger partial charge in [0.2, 0.25) is 12.3 Å². The molecule has 26 heavy (non-hydrogen) atoms. The highest BCUT2D eigenvalue weighted by molar-refractivity contribution is 6.07. The molecule has 2 rings (SSSR count). The van der Waals surface area contributed by atoms with Crippen LogP contribution in [0, 0.1) is 11.8 Å². The standard InChI is InChI=1S/C19H26N2O5/c1-3-5-8-14-11-21(19(24)16(14)12-20(25)13-22)18(23)15-9-6-7-10-17(15)26-4-2/h6-7,9-10,13-14,16,25H,3-5,8,11-12H2,1-2H3. The van der Waals surface area contributed by atoms with Crippen LogP contribution >= 0.6 is 0 Å². The van der Waals surface area contributed by atoms with Gasteiger partial charge in [-0.05, 0) is 31.4 Å². The van der Waals surface area contributed by atoms with Crippen LogP contribution in [0.5, 0.6) is 5.75 Å². The quantitative estimate of drug-likeness (QED) is 0.315. The van der Waals surface area contributed by atoms with Crippen LogP contribution in [0.1, 0.15) is 43.5 Å². The minimum Gasteiger partial charge on any atom is -0.493 e. The average molecular weight is 362 g/mol. The fourth-order valence-electron chi connectivity index (χ4n) is 3.34. The fourth-order valence-corrected chi connectivity index (χ4v) is 3.34. The Morgan fingerprint density at radius 2 is 2.12 bits per heavy atom. The van der Waals surface area contributed by atoms with Crippen molar-refractivity contribution in [3.05, 3.63) is 29.8 Å².